The number of nitrogens with one attached hydrogen (secondary N) is 1. The molecular weight excluding hydrogens is 266 g/mol. The van der Waals surface area contributed by atoms with Crippen LogP contribution in [0, 0.1) is 22.0 Å². The summed E-state index contributed by atoms with van der Waals surface area (Å²) in [6, 6.07) is 3.92. The van der Waals surface area contributed by atoms with Gasteiger partial charge in [-0.25, -0.2) is 8.78 Å². The molecule has 108 valence electrons. The number of alkyl halides is 2. The molecule has 0 amide bonds. The lowest BCUT2D eigenvalue weighted by atomic mass is 10.1. The van der Waals surface area contributed by atoms with Gasteiger partial charge >= 0.3 is 0 Å². The maximum Gasteiger partial charge on any atom is 0.270 e. The highest BCUT2D eigenvalue weighted by atomic mass is 19.3. The highest BCUT2D eigenvalue weighted by molar-refractivity contribution is 5.57. The number of rotatable bonds is 6. The van der Waals surface area contributed by atoms with Crippen LogP contribution in [0.25, 0.3) is 0 Å². The minimum Gasteiger partial charge on any atom is -0.381 e. The van der Waals surface area contributed by atoms with Crippen LogP contribution in [-0.2, 0) is 0 Å². The molecule has 20 heavy (non-hydrogen) atoms. The fraction of sp³-hybridized carbons (Fsp3) is 0.571. The van der Waals surface area contributed by atoms with Gasteiger partial charge in [0.05, 0.1) is 4.92 Å². The summed E-state index contributed by atoms with van der Waals surface area (Å²) in [6.07, 6.45) is 1.86. The number of non-ortho nitro benzene ring substituents is 1. The van der Waals surface area contributed by atoms with E-state index < -0.39 is 11.3 Å². The van der Waals surface area contributed by atoms with Crippen molar-refractivity contribution in [2.45, 2.75) is 38.2 Å². The topological polar surface area (TPSA) is 55.2 Å². The van der Waals surface area contributed by atoms with Gasteiger partial charge in [-0.1, -0.05) is 0 Å². The predicted octanol–water partition coefficient (Wildman–Crippen LogP) is 4.13. The quantitative estimate of drug-likeness (QED) is 0.630. The van der Waals surface area contributed by atoms with Crippen molar-refractivity contribution in [1.82, 2.24) is 0 Å². The molecule has 0 atom stereocenters. The molecule has 1 aromatic rings. The average Bonchev–Trinajstić information content (AvgIpc) is 3.28. The first-order chi connectivity index (χ1) is 9.56. The van der Waals surface area contributed by atoms with Gasteiger partial charge in [0.2, 0.25) is 0 Å². The van der Waals surface area contributed by atoms with E-state index in [0.29, 0.717) is 17.5 Å². The zero-order chi connectivity index (χ0) is 14.3. The number of nitro benzene ring substituents is 1. The molecule has 2 aliphatic carbocycles. The third-order valence-corrected chi connectivity index (χ3v) is 4.06. The molecule has 0 bridgehead atoms. The van der Waals surface area contributed by atoms with E-state index in [9.17, 15) is 18.9 Å². The average molecular weight is 282 g/mol. The molecule has 0 heterocycles. The first-order valence-electron chi connectivity index (χ1n) is 6.89. The van der Waals surface area contributed by atoms with E-state index in [0.717, 1.165) is 31.7 Å². The summed E-state index contributed by atoms with van der Waals surface area (Å²) in [5, 5.41) is 13.9. The van der Waals surface area contributed by atoms with Gasteiger partial charge in [-0.2, -0.15) is 0 Å². The smallest absolute Gasteiger partial charge is 0.270 e. The molecule has 1 aromatic carbocycles. The van der Waals surface area contributed by atoms with E-state index in [1.165, 1.54) is 12.1 Å². The molecule has 0 radical (unpaired) electrons. The minimum atomic E-state index is -2.71. The van der Waals surface area contributed by atoms with E-state index in [2.05, 4.69) is 5.32 Å². The predicted molar refractivity (Wildman–Crippen MR) is 70.9 cm³/mol. The summed E-state index contributed by atoms with van der Waals surface area (Å²) in [7, 11) is 0. The van der Waals surface area contributed by atoms with Crippen LogP contribution in [-0.4, -0.2) is 11.0 Å². The zero-order valence-electron chi connectivity index (χ0n) is 10.9. The Hall–Kier alpha value is -1.72. The summed E-state index contributed by atoms with van der Waals surface area (Å²) >= 11 is 0. The number of hydrogen-bond acceptors (Lipinski definition) is 3. The van der Waals surface area contributed by atoms with Crippen LogP contribution in [0.1, 0.15) is 37.7 Å². The normalized spacial score (nSPS) is 18.6. The molecule has 2 saturated carbocycles. The second kappa shape index (κ2) is 5.00. The SMILES string of the molecule is O=[N+]([O-])c1ccc(NC(C2CC2)C2CC2)c(C(F)F)c1. The van der Waals surface area contributed by atoms with Crippen molar-refractivity contribution in [2.75, 3.05) is 5.32 Å². The van der Waals surface area contributed by atoms with Crippen LogP contribution in [0.3, 0.4) is 0 Å². The van der Waals surface area contributed by atoms with E-state index in [1.807, 2.05) is 0 Å². The highest BCUT2D eigenvalue weighted by Gasteiger charge is 2.41. The van der Waals surface area contributed by atoms with Gasteiger partial charge in [-0.05, 0) is 43.6 Å². The summed E-state index contributed by atoms with van der Waals surface area (Å²) in [5.74, 6) is 1.14. The molecule has 0 unspecified atom stereocenters. The van der Waals surface area contributed by atoms with Gasteiger partial charge in [0.1, 0.15) is 0 Å². The fourth-order valence-electron chi connectivity index (χ4n) is 2.69. The molecule has 0 spiro atoms. The Morgan fingerprint density at radius 2 is 1.80 bits per heavy atom. The highest BCUT2D eigenvalue weighted by Crippen LogP contribution is 2.46. The number of benzene rings is 1. The molecule has 1 N–H and O–H groups in total. The maximum absolute atomic E-state index is 13.1. The van der Waals surface area contributed by atoms with E-state index in [1.54, 1.807) is 0 Å². The summed E-state index contributed by atoms with van der Waals surface area (Å²) in [5.41, 5.74) is -0.222. The van der Waals surface area contributed by atoms with Crippen molar-refractivity contribution in [3.63, 3.8) is 0 Å². The number of hydrogen-bond donors (Lipinski definition) is 1. The van der Waals surface area contributed by atoms with Gasteiger partial charge in [0, 0.05) is 29.4 Å². The van der Waals surface area contributed by atoms with Crippen LogP contribution in [0.5, 0.6) is 0 Å². The van der Waals surface area contributed by atoms with Gasteiger partial charge in [-0.3, -0.25) is 10.1 Å². The second-order valence-corrected chi connectivity index (χ2v) is 5.67. The molecule has 0 aromatic heterocycles. The molecule has 6 heteroatoms. The summed E-state index contributed by atoms with van der Waals surface area (Å²) in [4.78, 5) is 10.0. The lowest BCUT2D eigenvalue weighted by Gasteiger charge is -2.21. The van der Waals surface area contributed by atoms with Crippen LogP contribution in [0.4, 0.5) is 20.2 Å². The number of nitro groups is 1. The fourth-order valence-corrected chi connectivity index (χ4v) is 2.69. The second-order valence-electron chi connectivity index (χ2n) is 5.67. The number of nitrogens with zero attached hydrogens (tertiary/aromatic N) is 1. The first kappa shape index (κ1) is 13.3. The molecule has 2 fully saturated rings. The summed E-state index contributed by atoms with van der Waals surface area (Å²) in [6.45, 7) is 0. The molecule has 4 nitrogen and oxygen atoms in total. The van der Waals surface area contributed by atoms with Crippen LogP contribution in [0.15, 0.2) is 18.2 Å². The lowest BCUT2D eigenvalue weighted by Crippen LogP contribution is -2.25. The van der Waals surface area contributed by atoms with Crippen LogP contribution >= 0.6 is 0 Å². The van der Waals surface area contributed by atoms with Crippen molar-refractivity contribution in [3.8, 4) is 0 Å². The van der Waals surface area contributed by atoms with Gasteiger partial charge in [-0.15, -0.1) is 0 Å². The molecular formula is C14H16F2N2O2. The van der Waals surface area contributed by atoms with Gasteiger partial charge in [0.15, 0.2) is 0 Å². The Kier molecular flexibility index (Phi) is 3.31. The monoisotopic (exact) mass is 282 g/mol. The Morgan fingerprint density at radius 3 is 2.25 bits per heavy atom. The lowest BCUT2D eigenvalue weighted by molar-refractivity contribution is -0.385. The molecule has 2 aliphatic rings. The van der Waals surface area contributed by atoms with Crippen molar-refractivity contribution in [3.05, 3.63) is 33.9 Å². The summed E-state index contributed by atoms with van der Waals surface area (Å²) < 4.78 is 26.2. The van der Waals surface area contributed by atoms with Gasteiger partial charge < -0.3 is 5.32 Å². The van der Waals surface area contributed by atoms with Crippen molar-refractivity contribution in [2.24, 2.45) is 11.8 Å². The van der Waals surface area contributed by atoms with Crippen molar-refractivity contribution in [1.29, 1.82) is 0 Å². The molecule has 0 aliphatic heterocycles. The number of halogens is 2. The molecule has 0 saturated heterocycles. The largest absolute Gasteiger partial charge is 0.381 e. The molecule has 3 rings (SSSR count). The first-order valence-corrected chi connectivity index (χ1v) is 6.89. The third-order valence-electron chi connectivity index (χ3n) is 4.06. The van der Waals surface area contributed by atoms with E-state index in [4.69, 9.17) is 0 Å². The van der Waals surface area contributed by atoms with E-state index in [-0.39, 0.29) is 17.3 Å². The van der Waals surface area contributed by atoms with Crippen LogP contribution < -0.4 is 5.32 Å². The Balaban J connectivity index is 1.85. The van der Waals surface area contributed by atoms with Gasteiger partial charge in [0.25, 0.3) is 12.1 Å². The van der Waals surface area contributed by atoms with Crippen molar-refractivity contribution >= 4 is 11.4 Å². The zero-order valence-corrected chi connectivity index (χ0v) is 10.9. The van der Waals surface area contributed by atoms with E-state index >= 15 is 0 Å². The maximum atomic E-state index is 13.1. The Morgan fingerprint density at radius 1 is 1.20 bits per heavy atom. The van der Waals surface area contributed by atoms with Crippen molar-refractivity contribution < 1.29 is 13.7 Å². The van der Waals surface area contributed by atoms with Crippen LogP contribution in [0.2, 0.25) is 0 Å². The minimum absolute atomic E-state index is 0.244. The number of anilines is 1. The Bertz CT molecular complexity index is 516. The third kappa shape index (κ3) is 2.73. The standard InChI is InChI=1S/C14H16F2N2O2/c15-14(16)11-7-10(18(19)20)5-6-12(11)17-13(8-1-2-8)9-3-4-9/h5-9,13-14,17H,1-4H2. The Labute approximate surface area is 115 Å².